The Morgan fingerprint density at radius 2 is 2.14 bits per heavy atom. The number of carboxylic acids is 1. The van der Waals surface area contributed by atoms with Crippen LogP contribution < -0.4 is 11.2 Å². The lowest BCUT2D eigenvalue weighted by atomic mass is 10.1. The third-order valence-electron chi connectivity index (χ3n) is 3.10. The number of rotatable bonds is 2. The van der Waals surface area contributed by atoms with Crippen molar-refractivity contribution in [3.63, 3.8) is 0 Å². The largest absolute Gasteiger partial charge is 0.478 e. The first-order chi connectivity index (χ1) is 10.0. The highest BCUT2D eigenvalue weighted by Crippen LogP contribution is 2.29. The summed E-state index contributed by atoms with van der Waals surface area (Å²) in [7, 11) is 0. The Hall–Kier alpha value is -3.22. The van der Waals surface area contributed by atoms with E-state index in [9.17, 15) is 14.4 Å². The minimum atomic E-state index is -1.18. The molecular formula is C14H8N2O5. The van der Waals surface area contributed by atoms with Crippen LogP contribution in [0.4, 0.5) is 5.69 Å². The molecule has 1 aliphatic heterocycles. The molecule has 3 N–H and O–H groups in total. The van der Waals surface area contributed by atoms with Gasteiger partial charge in [0.25, 0.3) is 0 Å². The molecular weight excluding hydrogens is 276 g/mol. The molecule has 0 aromatic heterocycles. The molecule has 0 unspecified atom stereocenters. The predicted octanol–water partition coefficient (Wildman–Crippen LogP) is 1.39. The van der Waals surface area contributed by atoms with E-state index >= 15 is 0 Å². The van der Waals surface area contributed by atoms with Gasteiger partial charge in [0, 0.05) is 6.07 Å². The molecule has 0 atom stereocenters. The molecule has 0 fully saturated rings. The fourth-order valence-electron chi connectivity index (χ4n) is 2.09. The number of carbonyl (C=O) groups excluding carboxylic acids is 1. The van der Waals surface area contributed by atoms with E-state index in [1.54, 1.807) is 0 Å². The third kappa shape index (κ3) is 1.83. The quantitative estimate of drug-likeness (QED) is 0.414. The van der Waals surface area contributed by atoms with Gasteiger partial charge in [-0.3, -0.25) is 9.59 Å². The number of hydrogen-bond acceptors (Lipinski definition) is 6. The summed E-state index contributed by atoms with van der Waals surface area (Å²) >= 11 is 0. The molecule has 1 heterocycles. The maximum absolute atomic E-state index is 11.7. The number of aromatic nitrogens is 1. The van der Waals surface area contributed by atoms with Crippen LogP contribution in [-0.2, 0) is 0 Å². The molecule has 1 aromatic carbocycles. The van der Waals surface area contributed by atoms with Crippen LogP contribution in [0.25, 0.3) is 22.6 Å². The number of fused-ring (bicyclic) bond motifs is 2. The van der Waals surface area contributed by atoms with E-state index in [4.69, 9.17) is 15.3 Å². The second kappa shape index (κ2) is 4.41. The van der Waals surface area contributed by atoms with Gasteiger partial charge < -0.3 is 15.3 Å². The highest BCUT2D eigenvalue weighted by atomic mass is 16.4. The van der Waals surface area contributed by atoms with E-state index in [2.05, 4.69) is 4.98 Å². The van der Waals surface area contributed by atoms with Crippen LogP contribution in [0.2, 0.25) is 0 Å². The highest BCUT2D eigenvalue weighted by Gasteiger charge is 2.21. The summed E-state index contributed by atoms with van der Waals surface area (Å²) in [4.78, 5) is 38.1. The number of anilines is 1. The summed E-state index contributed by atoms with van der Waals surface area (Å²) in [5.41, 5.74) is 4.92. The minimum Gasteiger partial charge on any atom is -0.478 e. The Kier molecular flexibility index (Phi) is 2.69. The molecule has 104 valence electrons. The van der Waals surface area contributed by atoms with Crippen molar-refractivity contribution in [2.75, 3.05) is 5.73 Å². The van der Waals surface area contributed by atoms with Gasteiger partial charge in [-0.05, 0) is 12.1 Å². The zero-order valence-electron chi connectivity index (χ0n) is 10.5. The molecule has 0 spiro atoms. The van der Waals surface area contributed by atoms with Crippen LogP contribution in [0, 0.1) is 0 Å². The van der Waals surface area contributed by atoms with Gasteiger partial charge in [0.1, 0.15) is 11.2 Å². The Morgan fingerprint density at radius 1 is 1.38 bits per heavy atom. The first-order valence-corrected chi connectivity index (χ1v) is 5.87. The van der Waals surface area contributed by atoms with E-state index in [0.717, 1.165) is 6.07 Å². The summed E-state index contributed by atoms with van der Waals surface area (Å²) in [5, 5.41) is 9.15. The number of nitrogen functional groups attached to an aromatic ring is 1. The number of aldehydes is 1. The monoisotopic (exact) mass is 284 g/mol. The van der Waals surface area contributed by atoms with E-state index in [1.807, 2.05) is 0 Å². The molecule has 3 rings (SSSR count). The second-order valence-electron chi connectivity index (χ2n) is 4.34. The summed E-state index contributed by atoms with van der Waals surface area (Å²) in [6.45, 7) is 0. The Morgan fingerprint density at radius 3 is 2.81 bits per heavy atom. The van der Waals surface area contributed by atoms with Crippen LogP contribution in [0.1, 0.15) is 20.7 Å². The molecule has 0 bridgehead atoms. The number of hydrogen-bond donors (Lipinski definition) is 2. The van der Waals surface area contributed by atoms with Gasteiger partial charge in [-0.25, -0.2) is 9.78 Å². The lowest BCUT2D eigenvalue weighted by Crippen LogP contribution is -2.13. The fraction of sp³-hybridized carbons (Fsp3) is 0. The molecule has 0 amide bonds. The van der Waals surface area contributed by atoms with Crippen molar-refractivity contribution in [1.82, 2.24) is 4.98 Å². The van der Waals surface area contributed by atoms with Gasteiger partial charge in [0.05, 0.1) is 16.8 Å². The van der Waals surface area contributed by atoms with Crippen molar-refractivity contribution in [1.29, 1.82) is 0 Å². The topological polar surface area (TPSA) is 123 Å². The average molecular weight is 284 g/mol. The smallest absolute Gasteiger partial charge is 0.338 e. The summed E-state index contributed by atoms with van der Waals surface area (Å²) in [6.07, 6.45) is 0.400. The minimum absolute atomic E-state index is 0.0586. The second-order valence-corrected chi connectivity index (χ2v) is 4.34. The number of nitrogens with two attached hydrogens (primary N) is 1. The highest BCUT2D eigenvalue weighted by molar-refractivity contribution is 6.02. The standard InChI is InChI=1S/C14H8N2O5/c15-11-7(5-17)13-10(4-8(11)18)21-9-3-1-2-6(14(19)20)12(9)16-13/h1-5H,15H2,(H,19,20). The molecule has 7 nitrogen and oxygen atoms in total. The number of para-hydroxylation sites is 1. The summed E-state index contributed by atoms with van der Waals surface area (Å²) < 4.78 is 5.48. The lowest BCUT2D eigenvalue weighted by molar-refractivity contribution is 0.0698. The van der Waals surface area contributed by atoms with Crippen molar-refractivity contribution in [2.24, 2.45) is 0 Å². The van der Waals surface area contributed by atoms with Crippen LogP contribution in [-0.4, -0.2) is 22.3 Å². The van der Waals surface area contributed by atoms with Gasteiger partial charge in [0.15, 0.2) is 17.6 Å². The molecule has 1 aromatic rings. The summed E-state index contributed by atoms with van der Waals surface area (Å²) in [6, 6.07) is 5.51. The SMILES string of the molecule is Nc1c(C=O)c2nc3c(C(=O)O)cccc3oc-2cc1=O. The van der Waals surface area contributed by atoms with Crippen molar-refractivity contribution >= 4 is 29.0 Å². The Bertz CT molecular complexity index is 929. The number of benzene rings is 2. The van der Waals surface area contributed by atoms with Gasteiger partial charge in [-0.2, -0.15) is 0 Å². The number of nitrogens with zero attached hydrogens (tertiary/aromatic N) is 1. The number of carbonyl (C=O) groups is 2. The van der Waals surface area contributed by atoms with Crippen LogP contribution in [0.3, 0.4) is 0 Å². The first kappa shape index (κ1) is 12.8. The maximum Gasteiger partial charge on any atom is 0.338 e. The predicted molar refractivity (Wildman–Crippen MR) is 73.7 cm³/mol. The molecule has 0 saturated heterocycles. The van der Waals surface area contributed by atoms with E-state index < -0.39 is 11.4 Å². The maximum atomic E-state index is 11.7. The van der Waals surface area contributed by atoms with E-state index in [0.29, 0.717) is 6.29 Å². The molecule has 1 aliphatic carbocycles. The van der Waals surface area contributed by atoms with E-state index in [1.165, 1.54) is 18.2 Å². The zero-order valence-corrected chi connectivity index (χ0v) is 10.5. The van der Waals surface area contributed by atoms with E-state index in [-0.39, 0.29) is 39.4 Å². The number of carboxylic acid groups (broad SMARTS) is 1. The molecule has 21 heavy (non-hydrogen) atoms. The Balaban J connectivity index is 2.54. The van der Waals surface area contributed by atoms with Crippen molar-refractivity contribution in [3.8, 4) is 11.5 Å². The van der Waals surface area contributed by atoms with Gasteiger partial charge in [-0.1, -0.05) is 6.07 Å². The summed E-state index contributed by atoms with van der Waals surface area (Å²) in [5.74, 6) is -1.10. The third-order valence-corrected chi connectivity index (χ3v) is 3.10. The number of aromatic carboxylic acids is 1. The average Bonchev–Trinajstić information content (AvgIpc) is 2.46. The first-order valence-electron chi connectivity index (χ1n) is 5.87. The lowest BCUT2D eigenvalue weighted by Gasteiger charge is -2.10. The van der Waals surface area contributed by atoms with Crippen molar-refractivity contribution in [3.05, 3.63) is 45.6 Å². The van der Waals surface area contributed by atoms with Crippen molar-refractivity contribution < 1.29 is 19.1 Å². The van der Waals surface area contributed by atoms with Crippen LogP contribution >= 0.6 is 0 Å². The van der Waals surface area contributed by atoms with Crippen LogP contribution in [0.15, 0.2) is 33.5 Å². The normalized spacial score (nSPS) is 10.9. The van der Waals surface area contributed by atoms with Crippen LogP contribution in [0.5, 0.6) is 0 Å². The van der Waals surface area contributed by atoms with Gasteiger partial charge in [-0.15, -0.1) is 0 Å². The molecule has 2 aliphatic rings. The van der Waals surface area contributed by atoms with Crippen molar-refractivity contribution in [2.45, 2.75) is 0 Å². The van der Waals surface area contributed by atoms with Gasteiger partial charge >= 0.3 is 5.97 Å². The van der Waals surface area contributed by atoms with Gasteiger partial charge in [0.2, 0.25) is 5.43 Å². The molecule has 0 radical (unpaired) electrons. The molecule has 7 heteroatoms. The zero-order chi connectivity index (χ0) is 15.1. The fourth-order valence-corrected chi connectivity index (χ4v) is 2.09. The molecule has 0 saturated carbocycles. The Labute approximate surface area is 117 Å².